The van der Waals surface area contributed by atoms with Gasteiger partial charge in [0.25, 0.3) is 0 Å². The highest BCUT2D eigenvalue weighted by atomic mass is 16.4. The molecule has 0 radical (unpaired) electrons. The summed E-state index contributed by atoms with van der Waals surface area (Å²) in [5, 5.41) is 0. The van der Waals surface area contributed by atoms with Gasteiger partial charge in [-0.25, -0.2) is 4.79 Å². The van der Waals surface area contributed by atoms with Crippen LogP contribution >= 0.6 is 0 Å². The highest BCUT2D eigenvalue weighted by Crippen LogP contribution is 2.27. The first kappa shape index (κ1) is 11.3. The average molecular weight is 258 g/mol. The van der Waals surface area contributed by atoms with E-state index in [0.29, 0.717) is 6.04 Å². The van der Waals surface area contributed by atoms with Gasteiger partial charge in [-0.1, -0.05) is 18.6 Å². The van der Waals surface area contributed by atoms with Gasteiger partial charge in [0.2, 0.25) is 0 Å². The third-order valence-corrected chi connectivity index (χ3v) is 4.53. The number of aromatic nitrogens is 1. The van der Waals surface area contributed by atoms with Gasteiger partial charge < -0.3 is 4.42 Å². The van der Waals surface area contributed by atoms with E-state index in [1.165, 1.54) is 37.9 Å². The number of benzene rings is 1. The van der Waals surface area contributed by atoms with Gasteiger partial charge in [-0.2, -0.15) is 0 Å². The van der Waals surface area contributed by atoms with Gasteiger partial charge in [0.1, 0.15) is 0 Å². The van der Waals surface area contributed by atoms with Crippen LogP contribution in [0.5, 0.6) is 0 Å². The molecule has 1 aromatic heterocycles. The lowest BCUT2D eigenvalue weighted by molar-refractivity contribution is 0.143. The second-order valence-electron chi connectivity index (χ2n) is 5.70. The Morgan fingerprint density at radius 1 is 1.16 bits per heavy atom. The zero-order valence-electron chi connectivity index (χ0n) is 11.0. The van der Waals surface area contributed by atoms with Crippen molar-refractivity contribution in [2.45, 2.75) is 38.3 Å². The number of hydrogen-bond acceptors (Lipinski definition) is 3. The summed E-state index contributed by atoms with van der Waals surface area (Å²) in [5.41, 5.74) is 3.01. The molecule has 1 fully saturated rings. The number of para-hydroxylation sites is 1. The minimum absolute atomic E-state index is 0.204. The third-order valence-electron chi connectivity index (χ3n) is 4.53. The van der Waals surface area contributed by atoms with Crippen molar-refractivity contribution >= 4 is 11.1 Å². The molecular weight excluding hydrogens is 240 g/mol. The van der Waals surface area contributed by atoms with Crippen molar-refractivity contribution in [3.05, 3.63) is 34.3 Å². The maximum atomic E-state index is 12.0. The van der Waals surface area contributed by atoms with E-state index in [2.05, 4.69) is 11.0 Å². The minimum Gasteiger partial charge on any atom is -0.408 e. The summed E-state index contributed by atoms with van der Waals surface area (Å²) in [6.45, 7) is 3.12. The average Bonchev–Trinajstić information content (AvgIpc) is 2.78. The number of oxazole rings is 1. The predicted octanol–water partition coefficient (Wildman–Crippen LogP) is 2.01. The fourth-order valence-electron chi connectivity index (χ4n) is 3.58. The summed E-state index contributed by atoms with van der Waals surface area (Å²) in [6, 6.07) is 6.46. The van der Waals surface area contributed by atoms with E-state index >= 15 is 0 Å². The number of likely N-dealkylation sites (tertiary alicyclic amines) is 1. The molecule has 1 saturated heterocycles. The first-order valence-electron chi connectivity index (χ1n) is 7.18. The highest BCUT2D eigenvalue weighted by molar-refractivity contribution is 5.77. The molecule has 19 heavy (non-hydrogen) atoms. The highest BCUT2D eigenvalue weighted by Gasteiger charge is 2.28. The summed E-state index contributed by atoms with van der Waals surface area (Å²) in [6.07, 6.45) is 4.95. The molecule has 0 N–H and O–H groups in total. The number of piperidine rings is 1. The predicted molar refractivity (Wildman–Crippen MR) is 73.4 cm³/mol. The van der Waals surface area contributed by atoms with Gasteiger partial charge in [-0.15, -0.1) is 0 Å². The molecule has 2 aromatic rings. The van der Waals surface area contributed by atoms with E-state index in [-0.39, 0.29) is 5.76 Å². The summed E-state index contributed by atoms with van der Waals surface area (Å²) in [7, 11) is 0. The number of rotatable bonds is 1. The smallest absolute Gasteiger partial charge is 0.408 e. The van der Waals surface area contributed by atoms with Crippen molar-refractivity contribution in [2.75, 3.05) is 13.1 Å². The van der Waals surface area contributed by atoms with Gasteiger partial charge in [0, 0.05) is 12.6 Å². The maximum absolute atomic E-state index is 12.0. The molecular formula is C15H18N2O2. The van der Waals surface area contributed by atoms with E-state index in [0.717, 1.165) is 24.1 Å². The molecule has 2 aliphatic rings. The standard InChI is InChI=1S/C15H18N2O2/c18-15-17-10-12(16-7-2-1-3-8-16)9-11-5-4-6-13(19-15)14(11)17/h4-6,12H,1-3,7-10H2. The maximum Gasteiger partial charge on any atom is 0.420 e. The number of hydrogen-bond donors (Lipinski definition) is 0. The number of nitrogens with zero attached hydrogens (tertiary/aromatic N) is 2. The van der Waals surface area contributed by atoms with Gasteiger partial charge >= 0.3 is 5.76 Å². The van der Waals surface area contributed by atoms with Crippen LogP contribution < -0.4 is 5.76 Å². The molecule has 0 saturated carbocycles. The third kappa shape index (κ3) is 1.74. The zero-order chi connectivity index (χ0) is 12.8. The first-order valence-corrected chi connectivity index (χ1v) is 7.18. The van der Waals surface area contributed by atoms with E-state index in [1.54, 1.807) is 0 Å². The van der Waals surface area contributed by atoms with Crippen molar-refractivity contribution < 1.29 is 4.42 Å². The molecule has 2 aliphatic heterocycles. The summed E-state index contributed by atoms with van der Waals surface area (Å²) in [4.78, 5) is 14.5. The van der Waals surface area contributed by atoms with Gasteiger partial charge in [0.05, 0.1) is 5.52 Å². The van der Waals surface area contributed by atoms with Crippen LogP contribution in [0.25, 0.3) is 11.1 Å². The second-order valence-corrected chi connectivity index (χ2v) is 5.70. The van der Waals surface area contributed by atoms with E-state index in [1.807, 2.05) is 16.7 Å². The zero-order valence-corrected chi connectivity index (χ0v) is 11.0. The topological polar surface area (TPSA) is 38.4 Å². The van der Waals surface area contributed by atoms with Crippen LogP contribution in [0.3, 0.4) is 0 Å². The lowest BCUT2D eigenvalue weighted by Gasteiger charge is -2.36. The van der Waals surface area contributed by atoms with Crippen molar-refractivity contribution in [1.29, 1.82) is 0 Å². The second kappa shape index (κ2) is 4.23. The molecule has 4 nitrogen and oxygen atoms in total. The lowest BCUT2D eigenvalue weighted by atomic mass is 9.97. The lowest BCUT2D eigenvalue weighted by Crippen LogP contribution is -2.45. The molecule has 1 unspecified atom stereocenters. The van der Waals surface area contributed by atoms with Crippen LogP contribution in [-0.2, 0) is 13.0 Å². The van der Waals surface area contributed by atoms with Crippen molar-refractivity contribution in [1.82, 2.24) is 9.47 Å². The molecule has 4 rings (SSSR count). The van der Waals surface area contributed by atoms with Gasteiger partial charge in [0.15, 0.2) is 5.58 Å². The Kier molecular flexibility index (Phi) is 2.52. The normalized spacial score (nSPS) is 23.9. The van der Waals surface area contributed by atoms with Crippen LogP contribution in [0.2, 0.25) is 0 Å². The summed E-state index contributed by atoms with van der Waals surface area (Å²) >= 11 is 0. The van der Waals surface area contributed by atoms with Crippen molar-refractivity contribution in [2.24, 2.45) is 0 Å². The first-order chi connectivity index (χ1) is 9.33. The molecule has 0 spiro atoms. The van der Waals surface area contributed by atoms with Crippen molar-refractivity contribution in [3.8, 4) is 0 Å². The molecule has 0 aliphatic carbocycles. The van der Waals surface area contributed by atoms with E-state index < -0.39 is 0 Å². The summed E-state index contributed by atoms with van der Waals surface area (Å²) < 4.78 is 7.16. The van der Waals surface area contributed by atoms with Crippen LogP contribution in [-0.4, -0.2) is 28.6 Å². The molecule has 1 aromatic carbocycles. The minimum atomic E-state index is -0.204. The van der Waals surface area contributed by atoms with Gasteiger partial charge in [-0.05, 0) is 44.0 Å². The quantitative estimate of drug-likeness (QED) is 0.785. The van der Waals surface area contributed by atoms with Crippen LogP contribution in [0.1, 0.15) is 24.8 Å². The summed E-state index contributed by atoms with van der Waals surface area (Å²) in [5.74, 6) is -0.204. The van der Waals surface area contributed by atoms with Crippen molar-refractivity contribution in [3.63, 3.8) is 0 Å². The van der Waals surface area contributed by atoms with E-state index in [4.69, 9.17) is 4.42 Å². The Morgan fingerprint density at radius 3 is 2.84 bits per heavy atom. The van der Waals surface area contributed by atoms with E-state index in [9.17, 15) is 4.79 Å². The SMILES string of the molecule is O=c1oc2cccc3c2n1CC(N1CCCCC1)C3. The monoisotopic (exact) mass is 258 g/mol. The largest absolute Gasteiger partial charge is 0.420 e. The van der Waals surface area contributed by atoms with Crippen LogP contribution in [0.15, 0.2) is 27.4 Å². The Bertz CT molecular complexity index is 664. The fraction of sp³-hybridized carbons (Fsp3) is 0.533. The fourth-order valence-corrected chi connectivity index (χ4v) is 3.58. The Balaban J connectivity index is 1.75. The van der Waals surface area contributed by atoms with Gasteiger partial charge in [-0.3, -0.25) is 9.47 Å². The molecule has 0 bridgehead atoms. The Morgan fingerprint density at radius 2 is 2.00 bits per heavy atom. The molecule has 4 heteroatoms. The molecule has 3 heterocycles. The Labute approximate surface area is 111 Å². The molecule has 0 amide bonds. The van der Waals surface area contributed by atoms with Crippen LogP contribution in [0, 0.1) is 0 Å². The molecule has 100 valence electrons. The van der Waals surface area contributed by atoms with Crippen LogP contribution in [0.4, 0.5) is 0 Å². The Hall–Kier alpha value is -1.55. The molecule has 1 atom stereocenters.